The van der Waals surface area contributed by atoms with E-state index in [1.165, 1.54) is 5.56 Å². The SMILES string of the molecule is CCc1ccc(C=Nn2[nH]nc(C(=O)N3CCCCC3c3cccnc3)c2=O)cc1. The molecule has 1 aromatic carbocycles. The van der Waals surface area contributed by atoms with Crippen LogP contribution in [0.5, 0.6) is 0 Å². The van der Waals surface area contributed by atoms with Crippen LogP contribution in [-0.2, 0) is 6.42 Å². The number of aryl methyl sites for hydroxylation is 1. The van der Waals surface area contributed by atoms with Crippen LogP contribution in [0.15, 0.2) is 58.7 Å². The Kier molecular flexibility index (Phi) is 5.83. The van der Waals surface area contributed by atoms with Gasteiger partial charge in [-0.3, -0.25) is 14.6 Å². The van der Waals surface area contributed by atoms with Crippen LogP contribution in [0.4, 0.5) is 0 Å². The van der Waals surface area contributed by atoms with E-state index in [-0.39, 0.29) is 17.6 Å². The standard InChI is InChI=1S/C22H24N6O2/c1-2-16-8-10-17(11-9-16)14-24-28-22(30)20(25-26-28)21(29)27-13-4-3-7-19(27)18-6-5-12-23-15-18/h5-6,8-12,14-15,19,26H,2-4,7,13H2,1H3. The maximum atomic E-state index is 13.1. The van der Waals surface area contributed by atoms with E-state index < -0.39 is 5.56 Å². The number of likely N-dealkylation sites (tertiary alicyclic amines) is 1. The van der Waals surface area contributed by atoms with Gasteiger partial charge in [-0.1, -0.05) is 37.3 Å². The number of rotatable bonds is 5. The molecule has 0 spiro atoms. The van der Waals surface area contributed by atoms with Crippen LogP contribution in [-0.4, -0.2) is 43.7 Å². The van der Waals surface area contributed by atoms with E-state index in [4.69, 9.17) is 0 Å². The molecular weight excluding hydrogens is 380 g/mol. The van der Waals surface area contributed by atoms with E-state index in [1.807, 2.05) is 36.4 Å². The Hall–Kier alpha value is -3.55. The number of carbonyl (C=O) groups is 1. The number of aromatic nitrogens is 4. The minimum atomic E-state index is -0.558. The van der Waals surface area contributed by atoms with Gasteiger partial charge >= 0.3 is 5.56 Å². The Morgan fingerprint density at radius 2 is 2.10 bits per heavy atom. The summed E-state index contributed by atoms with van der Waals surface area (Å²) in [5.41, 5.74) is 2.34. The maximum absolute atomic E-state index is 13.1. The van der Waals surface area contributed by atoms with Crippen molar-refractivity contribution in [1.29, 1.82) is 0 Å². The van der Waals surface area contributed by atoms with Gasteiger partial charge in [-0.05, 0) is 48.4 Å². The number of pyridine rings is 1. The number of benzene rings is 1. The second-order valence-electron chi connectivity index (χ2n) is 7.31. The first-order valence-electron chi connectivity index (χ1n) is 10.2. The van der Waals surface area contributed by atoms with E-state index in [0.717, 1.165) is 41.6 Å². The smallest absolute Gasteiger partial charge is 0.320 e. The van der Waals surface area contributed by atoms with Gasteiger partial charge in [0.05, 0.1) is 12.3 Å². The molecule has 30 heavy (non-hydrogen) atoms. The Morgan fingerprint density at radius 3 is 2.83 bits per heavy atom. The van der Waals surface area contributed by atoms with E-state index in [0.29, 0.717) is 6.54 Å². The Balaban J connectivity index is 1.55. The molecule has 2 aromatic heterocycles. The van der Waals surface area contributed by atoms with E-state index >= 15 is 0 Å². The third kappa shape index (κ3) is 4.07. The molecule has 1 N–H and O–H groups in total. The van der Waals surface area contributed by atoms with E-state index in [9.17, 15) is 9.59 Å². The van der Waals surface area contributed by atoms with Crippen LogP contribution >= 0.6 is 0 Å². The lowest BCUT2D eigenvalue weighted by atomic mass is 9.96. The largest absolute Gasteiger partial charge is 0.330 e. The molecule has 1 atom stereocenters. The molecule has 8 nitrogen and oxygen atoms in total. The van der Waals surface area contributed by atoms with Crippen LogP contribution in [0.3, 0.4) is 0 Å². The van der Waals surface area contributed by atoms with Gasteiger partial charge in [0, 0.05) is 18.9 Å². The lowest BCUT2D eigenvalue weighted by molar-refractivity contribution is 0.0603. The molecule has 1 aliphatic heterocycles. The molecular formula is C22H24N6O2. The summed E-state index contributed by atoms with van der Waals surface area (Å²) >= 11 is 0. The second kappa shape index (κ2) is 8.86. The van der Waals surface area contributed by atoms with Crippen molar-refractivity contribution in [2.45, 2.75) is 38.6 Å². The van der Waals surface area contributed by atoms with E-state index in [1.54, 1.807) is 23.5 Å². The molecule has 3 aromatic rings. The van der Waals surface area contributed by atoms with Gasteiger partial charge in [0.25, 0.3) is 5.91 Å². The number of nitrogens with one attached hydrogen (secondary N) is 1. The van der Waals surface area contributed by atoms with Crippen LogP contribution in [0, 0.1) is 0 Å². The predicted octanol–water partition coefficient (Wildman–Crippen LogP) is 2.78. The molecule has 4 rings (SSSR count). The number of hydrogen-bond donors (Lipinski definition) is 1. The predicted molar refractivity (Wildman–Crippen MR) is 114 cm³/mol. The van der Waals surface area contributed by atoms with Crippen LogP contribution < -0.4 is 5.56 Å². The Labute approximate surface area is 174 Å². The third-order valence-electron chi connectivity index (χ3n) is 5.40. The molecule has 1 saturated heterocycles. The zero-order chi connectivity index (χ0) is 20.9. The number of carbonyl (C=O) groups excluding carboxylic acids is 1. The summed E-state index contributed by atoms with van der Waals surface area (Å²) in [4.78, 5) is 32.7. The molecule has 3 heterocycles. The first-order chi connectivity index (χ1) is 14.7. The van der Waals surface area contributed by atoms with Gasteiger partial charge in [-0.25, -0.2) is 0 Å². The number of nitrogens with zero attached hydrogens (tertiary/aromatic N) is 5. The summed E-state index contributed by atoms with van der Waals surface area (Å²) in [7, 11) is 0. The summed E-state index contributed by atoms with van der Waals surface area (Å²) in [6.45, 7) is 2.67. The summed E-state index contributed by atoms with van der Waals surface area (Å²) in [5, 5.41) is 10.6. The van der Waals surface area contributed by atoms with E-state index in [2.05, 4.69) is 27.3 Å². The highest BCUT2D eigenvalue weighted by molar-refractivity contribution is 5.92. The minimum absolute atomic E-state index is 0.106. The number of hydrogen-bond acceptors (Lipinski definition) is 5. The third-order valence-corrected chi connectivity index (χ3v) is 5.40. The molecule has 1 aliphatic rings. The number of H-pyrrole nitrogens is 1. The molecule has 1 unspecified atom stereocenters. The average Bonchev–Trinajstić information content (AvgIpc) is 3.18. The summed E-state index contributed by atoms with van der Waals surface area (Å²) in [5.74, 6) is -0.383. The first-order valence-corrected chi connectivity index (χ1v) is 10.2. The van der Waals surface area contributed by atoms with Crippen molar-refractivity contribution in [3.8, 4) is 0 Å². The number of aromatic amines is 1. The highest BCUT2D eigenvalue weighted by Gasteiger charge is 2.32. The number of amides is 1. The molecule has 0 aliphatic carbocycles. The molecule has 0 saturated carbocycles. The molecule has 0 radical (unpaired) electrons. The van der Waals surface area contributed by atoms with Crippen molar-refractivity contribution in [2.24, 2.45) is 5.10 Å². The molecule has 154 valence electrons. The highest BCUT2D eigenvalue weighted by Crippen LogP contribution is 2.31. The normalized spacial score (nSPS) is 16.8. The lowest BCUT2D eigenvalue weighted by Crippen LogP contribution is -2.40. The molecule has 1 fully saturated rings. The number of piperidine rings is 1. The fourth-order valence-electron chi connectivity index (χ4n) is 3.70. The van der Waals surface area contributed by atoms with Crippen molar-refractivity contribution < 1.29 is 4.79 Å². The van der Waals surface area contributed by atoms with Crippen molar-refractivity contribution in [1.82, 2.24) is 25.0 Å². The quantitative estimate of drug-likeness (QED) is 0.662. The zero-order valence-corrected chi connectivity index (χ0v) is 16.9. The maximum Gasteiger partial charge on any atom is 0.320 e. The first kappa shape index (κ1) is 19.8. The van der Waals surface area contributed by atoms with Gasteiger partial charge in [-0.15, -0.1) is 9.89 Å². The van der Waals surface area contributed by atoms with Crippen molar-refractivity contribution in [2.75, 3.05) is 6.54 Å². The second-order valence-corrected chi connectivity index (χ2v) is 7.31. The van der Waals surface area contributed by atoms with Gasteiger partial charge in [-0.2, -0.15) is 10.3 Å². The fourth-order valence-corrected chi connectivity index (χ4v) is 3.70. The van der Waals surface area contributed by atoms with Gasteiger partial charge in [0.1, 0.15) is 0 Å². The van der Waals surface area contributed by atoms with Crippen LogP contribution in [0.25, 0.3) is 0 Å². The minimum Gasteiger partial charge on any atom is -0.330 e. The van der Waals surface area contributed by atoms with Gasteiger partial charge in [0.15, 0.2) is 0 Å². The Bertz CT molecular complexity index is 1080. The van der Waals surface area contributed by atoms with Crippen molar-refractivity contribution >= 4 is 12.1 Å². The van der Waals surface area contributed by atoms with Crippen molar-refractivity contribution in [3.63, 3.8) is 0 Å². The van der Waals surface area contributed by atoms with Gasteiger partial charge < -0.3 is 4.90 Å². The highest BCUT2D eigenvalue weighted by atomic mass is 16.2. The average molecular weight is 404 g/mol. The molecule has 1 amide bonds. The summed E-state index contributed by atoms with van der Waals surface area (Å²) < 4.78 is 0. The lowest BCUT2D eigenvalue weighted by Gasteiger charge is -2.35. The van der Waals surface area contributed by atoms with Crippen LogP contribution in [0.1, 0.15) is 59.4 Å². The monoisotopic (exact) mass is 404 g/mol. The van der Waals surface area contributed by atoms with Gasteiger partial charge in [0.2, 0.25) is 5.69 Å². The van der Waals surface area contributed by atoms with Crippen LogP contribution in [0.2, 0.25) is 0 Å². The Morgan fingerprint density at radius 1 is 1.27 bits per heavy atom. The van der Waals surface area contributed by atoms with Crippen molar-refractivity contribution in [3.05, 3.63) is 81.5 Å². The topological polar surface area (TPSA) is 96.2 Å². The fraction of sp³-hybridized carbons (Fsp3) is 0.318. The molecule has 8 heteroatoms. The molecule has 0 bridgehead atoms. The summed E-state index contributed by atoms with van der Waals surface area (Å²) in [6, 6.07) is 11.6. The zero-order valence-electron chi connectivity index (χ0n) is 16.9. The summed E-state index contributed by atoms with van der Waals surface area (Å²) in [6.07, 6.45) is 8.75.